The van der Waals surface area contributed by atoms with Gasteiger partial charge in [0, 0.05) is 18.9 Å². The molecule has 25 heavy (non-hydrogen) atoms. The molecule has 0 radical (unpaired) electrons. The van der Waals surface area contributed by atoms with Gasteiger partial charge < -0.3 is 14.8 Å². The molecular formula is C19H19N3O3. The molecule has 6 nitrogen and oxygen atoms in total. The number of carbonyl (C=O) groups is 1. The molecule has 2 aromatic carbocycles. The first kappa shape index (κ1) is 16.7. The summed E-state index contributed by atoms with van der Waals surface area (Å²) in [7, 11) is 3.16. The summed E-state index contributed by atoms with van der Waals surface area (Å²) in [5, 5.41) is 7.22. The van der Waals surface area contributed by atoms with Crippen LogP contribution >= 0.6 is 0 Å². The standard InChI is InChI=1S/C19H19N3O3/c1-24-13-14-7-6-8-15(11-14)20-19(23)17-12-18(25-2)21-22(17)16-9-4-3-5-10-16/h3-12H,13H2,1-2H3,(H,20,23). The molecule has 6 heteroatoms. The summed E-state index contributed by atoms with van der Waals surface area (Å²) < 4.78 is 11.9. The molecule has 0 unspecified atom stereocenters. The van der Waals surface area contributed by atoms with Crippen LogP contribution in [0.5, 0.6) is 5.88 Å². The van der Waals surface area contributed by atoms with Gasteiger partial charge in [0.25, 0.3) is 5.91 Å². The van der Waals surface area contributed by atoms with E-state index in [1.165, 1.54) is 7.11 Å². The fourth-order valence-corrected chi connectivity index (χ4v) is 2.49. The van der Waals surface area contributed by atoms with E-state index in [0.29, 0.717) is 23.9 Å². The van der Waals surface area contributed by atoms with Gasteiger partial charge in [-0.3, -0.25) is 4.79 Å². The number of aromatic nitrogens is 2. The summed E-state index contributed by atoms with van der Waals surface area (Å²) in [4.78, 5) is 12.7. The molecule has 1 aromatic heterocycles. The molecule has 0 fully saturated rings. The van der Waals surface area contributed by atoms with Crippen molar-refractivity contribution in [3.8, 4) is 11.6 Å². The molecule has 3 rings (SSSR count). The third-order valence-electron chi connectivity index (χ3n) is 3.63. The largest absolute Gasteiger partial charge is 0.480 e. The molecule has 0 atom stereocenters. The van der Waals surface area contributed by atoms with Gasteiger partial charge >= 0.3 is 0 Å². The van der Waals surface area contributed by atoms with Crippen LogP contribution in [0, 0.1) is 0 Å². The van der Waals surface area contributed by atoms with Gasteiger partial charge in [-0.05, 0) is 29.8 Å². The number of nitrogens with one attached hydrogen (secondary N) is 1. The second-order valence-corrected chi connectivity index (χ2v) is 5.41. The van der Waals surface area contributed by atoms with Gasteiger partial charge in [0.2, 0.25) is 5.88 Å². The van der Waals surface area contributed by atoms with E-state index in [-0.39, 0.29) is 5.91 Å². The average molecular weight is 337 g/mol. The third-order valence-corrected chi connectivity index (χ3v) is 3.63. The molecule has 0 bridgehead atoms. The van der Waals surface area contributed by atoms with Crippen LogP contribution in [0.1, 0.15) is 16.1 Å². The van der Waals surface area contributed by atoms with E-state index in [1.54, 1.807) is 17.9 Å². The number of ether oxygens (including phenoxy) is 2. The van der Waals surface area contributed by atoms with Crippen LogP contribution in [-0.2, 0) is 11.3 Å². The second-order valence-electron chi connectivity index (χ2n) is 5.41. The Balaban J connectivity index is 1.89. The van der Waals surface area contributed by atoms with Gasteiger partial charge in [-0.2, -0.15) is 0 Å². The number of nitrogens with zero attached hydrogens (tertiary/aromatic N) is 2. The van der Waals surface area contributed by atoms with Crippen LogP contribution in [-0.4, -0.2) is 29.9 Å². The van der Waals surface area contributed by atoms with E-state index in [2.05, 4.69) is 10.4 Å². The highest BCUT2D eigenvalue weighted by atomic mass is 16.5. The maximum absolute atomic E-state index is 12.7. The van der Waals surface area contributed by atoms with E-state index in [9.17, 15) is 4.79 Å². The van der Waals surface area contributed by atoms with Crippen molar-refractivity contribution < 1.29 is 14.3 Å². The molecule has 1 heterocycles. The van der Waals surface area contributed by atoms with Crippen LogP contribution in [0.3, 0.4) is 0 Å². The van der Waals surface area contributed by atoms with Crippen molar-refractivity contribution in [2.75, 3.05) is 19.5 Å². The summed E-state index contributed by atoms with van der Waals surface area (Å²) in [6, 6.07) is 18.6. The molecule has 0 aliphatic carbocycles. The van der Waals surface area contributed by atoms with E-state index < -0.39 is 0 Å². The van der Waals surface area contributed by atoms with Crippen molar-refractivity contribution >= 4 is 11.6 Å². The lowest BCUT2D eigenvalue weighted by Crippen LogP contribution is -2.17. The molecule has 128 valence electrons. The first-order chi connectivity index (χ1) is 12.2. The lowest BCUT2D eigenvalue weighted by Gasteiger charge is -2.09. The number of benzene rings is 2. The zero-order valence-electron chi connectivity index (χ0n) is 14.1. The summed E-state index contributed by atoms with van der Waals surface area (Å²) in [5.41, 5.74) is 2.85. The van der Waals surface area contributed by atoms with Crippen molar-refractivity contribution in [3.63, 3.8) is 0 Å². The number of methoxy groups -OCH3 is 2. The number of amides is 1. The molecule has 0 saturated carbocycles. The minimum Gasteiger partial charge on any atom is -0.480 e. The fourth-order valence-electron chi connectivity index (χ4n) is 2.49. The summed E-state index contributed by atoms with van der Waals surface area (Å²) in [6.45, 7) is 0.486. The highest BCUT2D eigenvalue weighted by molar-refractivity contribution is 6.03. The molecule has 0 spiro atoms. The van der Waals surface area contributed by atoms with E-state index in [1.807, 2.05) is 54.6 Å². The van der Waals surface area contributed by atoms with Crippen LogP contribution in [0.15, 0.2) is 60.7 Å². The summed E-state index contributed by atoms with van der Waals surface area (Å²) in [6.07, 6.45) is 0. The Morgan fingerprint density at radius 2 is 1.88 bits per heavy atom. The number of hydrogen-bond acceptors (Lipinski definition) is 4. The van der Waals surface area contributed by atoms with E-state index >= 15 is 0 Å². The van der Waals surface area contributed by atoms with Gasteiger partial charge in [-0.25, -0.2) is 4.68 Å². The van der Waals surface area contributed by atoms with Gasteiger partial charge in [-0.1, -0.05) is 30.3 Å². The lowest BCUT2D eigenvalue weighted by atomic mass is 10.2. The zero-order valence-corrected chi connectivity index (χ0v) is 14.1. The third kappa shape index (κ3) is 3.87. The highest BCUT2D eigenvalue weighted by Crippen LogP contribution is 2.19. The first-order valence-electron chi connectivity index (χ1n) is 7.80. The highest BCUT2D eigenvalue weighted by Gasteiger charge is 2.17. The predicted octanol–water partition coefficient (Wildman–Crippen LogP) is 3.28. The normalized spacial score (nSPS) is 10.5. The van der Waals surface area contributed by atoms with Gasteiger partial charge in [-0.15, -0.1) is 5.10 Å². The lowest BCUT2D eigenvalue weighted by molar-refractivity contribution is 0.101. The van der Waals surface area contributed by atoms with Gasteiger partial charge in [0.1, 0.15) is 5.69 Å². The smallest absolute Gasteiger partial charge is 0.274 e. The van der Waals surface area contributed by atoms with Crippen molar-refractivity contribution in [3.05, 3.63) is 71.9 Å². The molecule has 0 aliphatic rings. The molecule has 1 N–H and O–H groups in total. The predicted molar refractivity (Wildman–Crippen MR) is 95.2 cm³/mol. The Kier molecular flexibility index (Phi) is 5.11. The first-order valence-corrected chi connectivity index (χ1v) is 7.80. The van der Waals surface area contributed by atoms with Gasteiger partial charge in [0.15, 0.2) is 0 Å². The van der Waals surface area contributed by atoms with Crippen molar-refractivity contribution in [2.24, 2.45) is 0 Å². The van der Waals surface area contributed by atoms with E-state index in [4.69, 9.17) is 9.47 Å². The Bertz CT molecular complexity index is 859. The fraction of sp³-hybridized carbons (Fsp3) is 0.158. The molecule has 0 aliphatic heterocycles. The number of anilines is 1. The van der Waals surface area contributed by atoms with Gasteiger partial charge in [0.05, 0.1) is 19.4 Å². The summed E-state index contributed by atoms with van der Waals surface area (Å²) >= 11 is 0. The number of para-hydroxylation sites is 1. The molecule has 3 aromatic rings. The average Bonchev–Trinajstić information content (AvgIpc) is 3.08. The second kappa shape index (κ2) is 7.63. The maximum atomic E-state index is 12.7. The molecular weight excluding hydrogens is 318 g/mol. The minimum absolute atomic E-state index is 0.269. The topological polar surface area (TPSA) is 65.4 Å². The quantitative estimate of drug-likeness (QED) is 0.750. The molecule has 0 saturated heterocycles. The Labute approximate surface area is 146 Å². The van der Waals surface area contributed by atoms with Crippen LogP contribution in [0.25, 0.3) is 5.69 Å². The minimum atomic E-state index is -0.269. The Hall–Kier alpha value is -3.12. The monoisotopic (exact) mass is 337 g/mol. The Morgan fingerprint density at radius 3 is 2.60 bits per heavy atom. The number of carbonyl (C=O) groups excluding carboxylic acids is 1. The molecule has 1 amide bonds. The Morgan fingerprint density at radius 1 is 1.08 bits per heavy atom. The van der Waals surface area contributed by atoms with Crippen molar-refractivity contribution in [1.82, 2.24) is 9.78 Å². The number of rotatable bonds is 6. The van der Waals surface area contributed by atoms with Crippen molar-refractivity contribution in [2.45, 2.75) is 6.61 Å². The van der Waals surface area contributed by atoms with Crippen molar-refractivity contribution in [1.29, 1.82) is 0 Å². The summed E-state index contributed by atoms with van der Waals surface area (Å²) in [5.74, 6) is 0.108. The van der Waals surface area contributed by atoms with E-state index in [0.717, 1.165) is 11.3 Å². The zero-order chi connectivity index (χ0) is 17.6. The maximum Gasteiger partial charge on any atom is 0.274 e. The SMILES string of the molecule is COCc1cccc(NC(=O)c2cc(OC)nn2-c2ccccc2)c1. The van der Waals surface area contributed by atoms with Crippen LogP contribution in [0.2, 0.25) is 0 Å². The van der Waals surface area contributed by atoms with Crippen LogP contribution < -0.4 is 10.1 Å². The van der Waals surface area contributed by atoms with Crippen LogP contribution in [0.4, 0.5) is 5.69 Å². The number of hydrogen-bond donors (Lipinski definition) is 1.